The van der Waals surface area contributed by atoms with Crippen LogP contribution in [0.25, 0.3) is 10.9 Å². The van der Waals surface area contributed by atoms with Gasteiger partial charge in [0.2, 0.25) is 0 Å². The van der Waals surface area contributed by atoms with E-state index < -0.39 is 0 Å². The van der Waals surface area contributed by atoms with Crippen LogP contribution in [0, 0.1) is 11.7 Å². The lowest BCUT2D eigenvalue weighted by Crippen LogP contribution is -2.36. The van der Waals surface area contributed by atoms with Crippen molar-refractivity contribution in [3.05, 3.63) is 41.8 Å². The molecule has 1 unspecified atom stereocenters. The fourth-order valence-electron chi connectivity index (χ4n) is 3.68. The van der Waals surface area contributed by atoms with Crippen LogP contribution >= 0.6 is 0 Å². The summed E-state index contributed by atoms with van der Waals surface area (Å²) in [5, 5.41) is 0.951. The zero-order chi connectivity index (χ0) is 15.5. The van der Waals surface area contributed by atoms with Gasteiger partial charge in [-0.25, -0.2) is 4.39 Å². The van der Waals surface area contributed by atoms with Crippen molar-refractivity contribution in [3.63, 3.8) is 0 Å². The Kier molecular flexibility index (Phi) is 4.69. The van der Waals surface area contributed by atoms with Crippen LogP contribution in [0.3, 0.4) is 0 Å². The van der Waals surface area contributed by atoms with E-state index in [4.69, 9.17) is 10.5 Å². The van der Waals surface area contributed by atoms with Gasteiger partial charge in [-0.2, -0.15) is 0 Å². The van der Waals surface area contributed by atoms with Crippen LogP contribution in [-0.2, 0) is 4.74 Å². The lowest BCUT2D eigenvalue weighted by Gasteiger charge is -2.32. The third kappa shape index (κ3) is 3.13. The Balaban J connectivity index is 1.78. The molecule has 1 aliphatic rings. The number of nitrogens with zero attached hydrogens (tertiary/aromatic N) is 1. The molecule has 118 valence electrons. The second-order valence-corrected chi connectivity index (χ2v) is 6.29. The van der Waals surface area contributed by atoms with E-state index in [9.17, 15) is 4.39 Å². The molecule has 2 aromatic rings. The Hall–Kier alpha value is -1.52. The van der Waals surface area contributed by atoms with Gasteiger partial charge in [0.1, 0.15) is 5.82 Å². The maximum absolute atomic E-state index is 13.6. The van der Waals surface area contributed by atoms with E-state index in [1.807, 2.05) is 12.3 Å². The first kappa shape index (κ1) is 15.4. The van der Waals surface area contributed by atoms with Crippen LogP contribution in [0.1, 0.15) is 37.2 Å². The molecule has 0 aliphatic heterocycles. The van der Waals surface area contributed by atoms with Crippen molar-refractivity contribution in [1.29, 1.82) is 0 Å². The molecule has 1 saturated carbocycles. The lowest BCUT2D eigenvalue weighted by atomic mass is 9.75. The van der Waals surface area contributed by atoms with Gasteiger partial charge in [0.25, 0.3) is 0 Å². The molecule has 0 radical (unpaired) electrons. The van der Waals surface area contributed by atoms with Crippen LogP contribution in [0.2, 0.25) is 0 Å². The SMILES string of the molecule is COCC(N)C1CCC(c2ccnc3ccc(F)cc23)CC1. The minimum atomic E-state index is -0.197. The Labute approximate surface area is 130 Å². The van der Waals surface area contributed by atoms with E-state index in [2.05, 4.69) is 4.98 Å². The highest BCUT2D eigenvalue weighted by molar-refractivity contribution is 5.82. The van der Waals surface area contributed by atoms with Gasteiger partial charge in [-0.15, -0.1) is 0 Å². The number of rotatable bonds is 4. The van der Waals surface area contributed by atoms with E-state index in [1.165, 1.54) is 11.6 Å². The quantitative estimate of drug-likeness (QED) is 0.938. The second-order valence-electron chi connectivity index (χ2n) is 6.29. The molecular formula is C18H23FN2O. The fourth-order valence-corrected chi connectivity index (χ4v) is 3.68. The number of aromatic nitrogens is 1. The molecule has 0 saturated heterocycles. The Morgan fingerprint density at radius 3 is 2.77 bits per heavy atom. The Bertz CT molecular complexity index is 638. The van der Waals surface area contributed by atoms with E-state index in [0.717, 1.165) is 36.6 Å². The number of ether oxygens (including phenoxy) is 1. The van der Waals surface area contributed by atoms with Crippen molar-refractivity contribution in [2.24, 2.45) is 11.7 Å². The summed E-state index contributed by atoms with van der Waals surface area (Å²) < 4.78 is 18.7. The average Bonchev–Trinajstić information content (AvgIpc) is 2.54. The third-order valence-corrected chi connectivity index (χ3v) is 4.91. The smallest absolute Gasteiger partial charge is 0.123 e. The zero-order valence-electron chi connectivity index (χ0n) is 13.0. The van der Waals surface area contributed by atoms with Crippen molar-refractivity contribution in [2.75, 3.05) is 13.7 Å². The summed E-state index contributed by atoms with van der Waals surface area (Å²) in [5.74, 6) is 0.803. The molecule has 0 amide bonds. The lowest BCUT2D eigenvalue weighted by molar-refractivity contribution is 0.141. The van der Waals surface area contributed by atoms with Crippen molar-refractivity contribution in [3.8, 4) is 0 Å². The van der Waals surface area contributed by atoms with Gasteiger partial charge in [0, 0.05) is 24.7 Å². The standard InChI is InChI=1S/C18H23FN2O/c1-22-11-17(20)13-4-2-12(3-5-13)15-8-9-21-18-7-6-14(19)10-16(15)18/h6-10,12-13,17H,2-5,11,20H2,1H3. The van der Waals surface area contributed by atoms with Gasteiger partial charge in [-0.05, 0) is 67.3 Å². The van der Waals surface area contributed by atoms with E-state index in [0.29, 0.717) is 18.4 Å². The number of pyridine rings is 1. The van der Waals surface area contributed by atoms with Crippen molar-refractivity contribution < 1.29 is 9.13 Å². The highest BCUT2D eigenvalue weighted by Gasteiger charge is 2.27. The number of methoxy groups -OCH3 is 1. The fraction of sp³-hybridized carbons (Fsp3) is 0.500. The molecule has 3 rings (SSSR count). The van der Waals surface area contributed by atoms with Gasteiger partial charge in [0.05, 0.1) is 12.1 Å². The molecule has 2 N–H and O–H groups in total. The first-order chi connectivity index (χ1) is 10.7. The van der Waals surface area contributed by atoms with E-state index in [1.54, 1.807) is 19.2 Å². The maximum Gasteiger partial charge on any atom is 0.123 e. The van der Waals surface area contributed by atoms with Crippen LogP contribution < -0.4 is 5.73 Å². The second kappa shape index (κ2) is 6.71. The minimum Gasteiger partial charge on any atom is -0.383 e. The van der Waals surface area contributed by atoms with Gasteiger partial charge in [-0.3, -0.25) is 4.98 Å². The number of halogens is 1. The number of nitrogens with two attached hydrogens (primary N) is 1. The third-order valence-electron chi connectivity index (χ3n) is 4.91. The van der Waals surface area contributed by atoms with E-state index >= 15 is 0 Å². The first-order valence-corrected chi connectivity index (χ1v) is 7.97. The number of hydrogen-bond donors (Lipinski definition) is 1. The number of fused-ring (bicyclic) bond motifs is 1. The summed E-state index contributed by atoms with van der Waals surface area (Å²) in [4.78, 5) is 4.34. The van der Waals surface area contributed by atoms with Crippen molar-refractivity contribution >= 4 is 10.9 Å². The van der Waals surface area contributed by atoms with Crippen LogP contribution in [-0.4, -0.2) is 24.7 Å². The predicted octanol–water partition coefficient (Wildman–Crippen LogP) is 3.62. The molecule has 1 fully saturated rings. The Morgan fingerprint density at radius 1 is 1.27 bits per heavy atom. The zero-order valence-corrected chi connectivity index (χ0v) is 13.0. The normalized spacial score (nSPS) is 23.6. The number of benzene rings is 1. The summed E-state index contributed by atoms with van der Waals surface area (Å²) in [6, 6.07) is 7.01. The molecule has 4 heteroatoms. The van der Waals surface area contributed by atoms with Gasteiger partial charge < -0.3 is 10.5 Å². The maximum atomic E-state index is 13.6. The molecule has 1 aromatic carbocycles. The molecule has 1 aromatic heterocycles. The summed E-state index contributed by atoms with van der Waals surface area (Å²) in [5.41, 5.74) is 8.27. The van der Waals surface area contributed by atoms with E-state index in [-0.39, 0.29) is 11.9 Å². The molecule has 1 aliphatic carbocycles. The highest BCUT2D eigenvalue weighted by atomic mass is 19.1. The Morgan fingerprint density at radius 2 is 2.05 bits per heavy atom. The topological polar surface area (TPSA) is 48.1 Å². The largest absolute Gasteiger partial charge is 0.383 e. The number of hydrogen-bond acceptors (Lipinski definition) is 3. The van der Waals surface area contributed by atoms with Gasteiger partial charge in [-0.1, -0.05) is 0 Å². The highest BCUT2D eigenvalue weighted by Crippen LogP contribution is 2.39. The monoisotopic (exact) mass is 302 g/mol. The predicted molar refractivity (Wildman–Crippen MR) is 86.3 cm³/mol. The van der Waals surface area contributed by atoms with Crippen LogP contribution in [0.5, 0.6) is 0 Å². The summed E-state index contributed by atoms with van der Waals surface area (Å²) >= 11 is 0. The molecule has 0 spiro atoms. The molecule has 1 atom stereocenters. The van der Waals surface area contributed by atoms with Crippen molar-refractivity contribution in [1.82, 2.24) is 4.98 Å². The summed E-state index contributed by atoms with van der Waals surface area (Å²) in [6.45, 7) is 0.624. The van der Waals surface area contributed by atoms with Crippen LogP contribution in [0.15, 0.2) is 30.5 Å². The molecule has 22 heavy (non-hydrogen) atoms. The average molecular weight is 302 g/mol. The summed E-state index contributed by atoms with van der Waals surface area (Å²) in [6.07, 6.45) is 6.23. The van der Waals surface area contributed by atoms with Gasteiger partial charge >= 0.3 is 0 Å². The molecule has 1 heterocycles. The molecule has 3 nitrogen and oxygen atoms in total. The first-order valence-electron chi connectivity index (χ1n) is 7.97. The molecular weight excluding hydrogens is 279 g/mol. The summed E-state index contributed by atoms with van der Waals surface area (Å²) in [7, 11) is 1.70. The van der Waals surface area contributed by atoms with Crippen LogP contribution in [0.4, 0.5) is 4.39 Å². The van der Waals surface area contributed by atoms with Crippen molar-refractivity contribution in [2.45, 2.75) is 37.6 Å². The molecule has 0 bridgehead atoms. The van der Waals surface area contributed by atoms with Gasteiger partial charge in [0.15, 0.2) is 0 Å². The minimum absolute atomic E-state index is 0.123.